The minimum absolute atomic E-state index is 0.0821. The van der Waals surface area contributed by atoms with Crippen molar-refractivity contribution >= 4 is 39.2 Å². The van der Waals surface area contributed by atoms with Crippen molar-refractivity contribution in [1.82, 2.24) is 14.5 Å². The number of fused-ring (bicyclic) bond motifs is 1. The van der Waals surface area contributed by atoms with Crippen LogP contribution in [0.3, 0.4) is 0 Å². The first-order valence-corrected chi connectivity index (χ1v) is 11.4. The summed E-state index contributed by atoms with van der Waals surface area (Å²) in [4.78, 5) is 32.5. The maximum atomic E-state index is 13.1. The first kappa shape index (κ1) is 19.2. The fourth-order valence-corrected chi connectivity index (χ4v) is 5.55. The summed E-state index contributed by atoms with van der Waals surface area (Å²) in [7, 11) is 0. The van der Waals surface area contributed by atoms with Crippen LogP contribution >= 0.6 is 23.1 Å². The highest BCUT2D eigenvalue weighted by Crippen LogP contribution is 2.25. The van der Waals surface area contributed by atoms with Crippen molar-refractivity contribution in [2.45, 2.75) is 25.4 Å². The maximum Gasteiger partial charge on any atom is 0.276 e. The molecule has 0 N–H and O–H groups in total. The lowest BCUT2D eigenvalue weighted by molar-refractivity contribution is -0.130. The lowest BCUT2D eigenvalue weighted by Crippen LogP contribution is -2.43. The predicted octanol–water partition coefficient (Wildman–Crippen LogP) is 4.04. The third-order valence-electron chi connectivity index (χ3n) is 5.01. The molecule has 7 heteroatoms. The van der Waals surface area contributed by atoms with Gasteiger partial charge in [0.1, 0.15) is 4.70 Å². The molecular weight excluding hydrogens is 390 g/mol. The van der Waals surface area contributed by atoms with Gasteiger partial charge in [-0.15, -0.1) is 11.3 Å². The summed E-state index contributed by atoms with van der Waals surface area (Å²) >= 11 is 2.74. The summed E-state index contributed by atoms with van der Waals surface area (Å²) in [6.07, 6.45) is 1.17. The van der Waals surface area contributed by atoms with Crippen LogP contribution in [0.25, 0.3) is 15.9 Å². The number of carbonyl (C=O) groups excluding carboxylic acids is 1. The number of para-hydroxylation sites is 1. The van der Waals surface area contributed by atoms with Crippen molar-refractivity contribution in [3.63, 3.8) is 0 Å². The molecule has 0 saturated carbocycles. The van der Waals surface area contributed by atoms with E-state index < -0.39 is 0 Å². The number of rotatable bonds is 4. The summed E-state index contributed by atoms with van der Waals surface area (Å²) in [6.45, 7) is 6.02. The Morgan fingerprint density at radius 1 is 1.18 bits per heavy atom. The molecule has 3 heterocycles. The highest BCUT2D eigenvalue weighted by Gasteiger charge is 2.26. The zero-order chi connectivity index (χ0) is 19.7. The van der Waals surface area contributed by atoms with Crippen LogP contribution in [-0.4, -0.2) is 39.2 Å². The molecule has 3 aromatic rings. The van der Waals surface area contributed by atoms with E-state index in [1.54, 1.807) is 4.57 Å². The third-order valence-corrected chi connectivity index (χ3v) is 6.82. The van der Waals surface area contributed by atoms with Crippen molar-refractivity contribution in [3.8, 4) is 5.69 Å². The Bertz CT molecular complexity index is 1030. The fourth-order valence-electron chi connectivity index (χ4n) is 3.88. The van der Waals surface area contributed by atoms with E-state index in [1.165, 1.54) is 29.5 Å². The quantitative estimate of drug-likeness (QED) is 0.478. The van der Waals surface area contributed by atoms with E-state index >= 15 is 0 Å². The topological polar surface area (TPSA) is 55.2 Å². The van der Waals surface area contributed by atoms with Crippen LogP contribution in [-0.2, 0) is 4.79 Å². The van der Waals surface area contributed by atoms with Crippen LogP contribution in [0.4, 0.5) is 0 Å². The van der Waals surface area contributed by atoms with Crippen LogP contribution in [0.1, 0.15) is 20.3 Å². The molecule has 0 unspecified atom stereocenters. The summed E-state index contributed by atoms with van der Waals surface area (Å²) in [5.41, 5.74) is 1.38. The fraction of sp³-hybridized carbons (Fsp3) is 0.381. The van der Waals surface area contributed by atoms with Crippen molar-refractivity contribution in [2.24, 2.45) is 11.8 Å². The highest BCUT2D eigenvalue weighted by molar-refractivity contribution is 7.99. The van der Waals surface area contributed by atoms with Crippen molar-refractivity contribution in [1.29, 1.82) is 0 Å². The number of benzene rings is 1. The summed E-state index contributed by atoms with van der Waals surface area (Å²) in [5, 5.41) is 2.44. The minimum Gasteiger partial charge on any atom is -0.341 e. The molecule has 4 rings (SSSR count). The molecule has 0 spiro atoms. The van der Waals surface area contributed by atoms with Gasteiger partial charge in [0, 0.05) is 13.1 Å². The van der Waals surface area contributed by atoms with E-state index in [1.807, 2.05) is 46.7 Å². The number of amides is 1. The van der Waals surface area contributed by atoms with Crippen molar-refractivity contribution in [2.75, 3.05) is 18.8 Å². The number of nitrogens with zero attached hydrogens (tertiary/aromatic N) is 3. The molecule has 5 nitrogen and oxygen atoms in total. The molecular formula is C21H23N3O2S2. The molecule has 0 radical (unpaired) electrons. The van der Waals surface area contributed by atoms with E-state index in [2.05, 4.69) is 18.8 Å². The molecule has 1 aromatic carbocycles. The Morgan fingerprint density at radius 2 is 1.89 bits per heavy atom. The average molecular weight is 414 g/mol. The predicted molar refractivity (Wildman–Crippen MR) is 115 cm³/mol. The van der Waals surface area contributed by atoms with Crippen molar-refractivity contribution < 1.29 is 4.79 Å². The van der Waals surface area contributed by atoms with Crippen LogP contribution < -0.4 is 5.56 Å². The average Bonchev–Trinajstić information content (AvgIpc) is 3.15. The van der Waals surface area contributed by atoms with Gasteiger partial charge in [-0.05, 0) is 41.8 Å². The number of thiophene rings is 1. The van der Waals surface area contributed by atoms with Gasteiger partial charge in [-0.2, -0.15) is 0 Å². The number of hydrogen-bond donors (Lipinski definition) is 0. The monoisotopic (exact) mass is 413 g/mol. The van der Waals surface area contributed by atoms with Gasteiger partial charge in [0.05, 0.1) is 17.0 Å². The zero-order valence-corrected chi connectivity index (χ0v) is 17.6. The van der Waals surface area contributed by atoms with Crippen molar-refractivity contribution in [3.05, 3.63) is 52.1 Å². The number of likely N-dealkylation sites (tertiary alicyclic amines) is 1. The summed E-state index contributed by atoms with van der Waals surface area (Å²) < 4.78 is 2.26. The third kappa shape index (κ3) is 3.86. The Morgan fingerprint density at radius 3 is 2.61 bits per heavy atom. The standard InChI is InChI=1S/C21H23N3O2S2/c1-14-10-15(2)12-23(11-14)18(25)13-28-21-22-17-8-9-27-19(17)20(26)24(21)16-6-4-3-5-7-16/h3-9,14-15H,10-13H2,1-2H3/t14-,15+. The van der Waals surface area contributed by atoms with E-state index in [0.717, 1.165) is 18.8 Å². The van der Waals surface area contributed by atoms with Gasteiger partial charge in [-0.25, -0.2) is 4.98 Å². The van der Waals surface area contributed by atoms with Gasteiger partial charge in [-0.1, -0.05) is 43.8 Å². The molecule has 1 fully saturated rings. The van der Waals surface area contributed by atoms with E-state index in [9.17, 15) is 9.59 Å². The molecule has 146 valence electrons. The maximum absolute atomic E-state index is 13.1. The molecule has 1 aliphatic rings. The Hall–Kier alpha value is -2.12. The summed E-state index contributed by atoms with van der Waals surface area (Å²) in [5.74, 6) is 1.46. The van der Waals surface area contributed by atoms with E-state index in [4.69, 9.17) is 0 Å². The number of thioether (sulfide) groups is 1. The smallest absolute Gasteiger partial charge is 0.276 e. The van der Waals surface area contributed by atoms with Gasteiger partial charge >= 0.3 is 0 Å². The van der Waals surface area contributed by atoms with E-state index in [0.29, 0.717) is 27.2 Å². The lowest BCUT2D eigenvalue weighted by atomic mass is 9.92. The summed E-state index contributed by atoms with van der Waals surface area (Å²) in [6, 6.07) is 11.4. The number of piperidine rings is 1. The molecule has 0 bridgehead atoms. The lowest BCUT2D eigenvalue weighted by Gasteiger charge is -2.35. The Labute approximate surface area is 172 Å². The minimum atomic E-state index is -0.0821. The Kier molecular flexibility index (Phi) is 5.55. The second kappa shape index (κ2) is 8.09. The van der Waals surface area contributed by atoms with Gasteiger partial charge < -0.3 is 4.90 Å². The Balaban J connectivity index is 1.63. The SMILES string of the molecule is C[C@@H]1C[C@H](C)CN(C(=O)CSc2nc3ccsc3c(=O)n2-c2ccccc2)C1. The second-order valence-corrected chi connectivity index (χ2v) is 9.40. The molecule has 1 amide bonds. The molecule has 0 aliphatic carbocycles. The highest BCUT2D eigenvalue weighted by atomic mass is 32.2. The van der Waals surface area contributed by atoms with Crippen LogP contribution in [0.15, 0.2) is 51.7 Å². The van der Waals surface area contributed by atoms with Crippen LogP contribution in [0.2, 0.25) is 0 Å². The molecule has 2 aromatic heterocycles. The number of aromatic nitrogens is 2. The van der Waals surface area contributed by atoms with Crippen LogP contribution in [0, 0.1) is 11.8 Å². The van der Waals surface area contributed by atoms with Gasteiger partial charge in [0.2, 0.25) is 5.91 Å². The van der Waals surface area contributed by atoms with Gasteiger partial charge in [0.15, 0.2) is 5.16 Å². The number of hydrogen-bond acceptors (Lipinski definition) is 5. The molecule has 1 aliphatic heterocycles. The first-order chi connectivity index (χ1) is 13.5. The van der Waals surface area contributed by atoms with Crippen LogP contribution in [0.5, 0.6) is 0 Å². The van der Waals surface area contributed by atoms with E-state index in [-0.39, 0.29) is 17.2 Å². The molecule has 28 heavy (non-hydrogen) atoms. The zero-order valence-electron chi connectivity index (χ0n) is 16.0. The second-order valence-electron chi connectivity index (χ2n) is 7.54. The van der Waals surface area contributed by atoms with Gasteiger partial charge in [0.25, 0.3) is 5.56 Å². The number of carbonyl (C=O) groups is 1. The first-order valence-electron chi connectivity index (χ1n) is 9.49. The van der Waals surface area contributed by atoms with Gasteiger partial charge in [-0.3, -0.25) is 14.2 Å². The molecule has 2 atom stereocenters. The molecule has 1 saturated heterocycles. The largest absolute Gasteiger partial charge is 0.341 e. The normalized spacial score (nSPS) is 19.9.